The van der Waals surface area contributed by atoms with Crippen LogP contribution in [0, 0.1) is 5.82 Å². The topological polar surface area (TPSA) is 55.1 Å². The molecule has 1 saturated carbocycles. The van der Waals surface area contributed by atoms with Crippen molar-refractivity contribution < 1.29 is 9.18 Å². The van der Waals surface area contributed by atoms with Gasteiger partial charge in [0.1, 0.15) is 5.82 Å². The Kier molecular flexibility index (Phi) is 2.68. The van der Waals surface area contributed by atoms with E-state index in [1.165, 1.54) is 12.1 Å². The van der Waals surface area contributed by atoms with Gasteiger partial charge in [-0.2, -0.15) is 0 Å². The first-order valence-corrected chi connectivity index (χ1v) is 5.36. The molecule has 0 aromatic heterocycles. The number of amides is 1. The fraction of sp³-hybridized carbons (Fsp3) is 0.417. The number of nitrogens with two attached hydrogens (primary N) is 1. The summed E-state index contributed by atoms with van der Waals surface area (Å²) < 4.78 is 12.7. The van der Waals surface area contributed by atoms with Crippen molar-refractivity contribution in [1.29, 1.82) is 0 Å². The molecule has 16 heavy (non-hydrogen) atoms. The van der Waals surface area contributed by atoms with E-state index in [4.69, 9.17) is 5.73 Å². The van der Waals surface area contributed by atoms with E-state index in [0.29, 0.717) is 0 Å². The Morgan fingerprint density at radius 2 is 2.00 bits per heavy atom. The molecule has 0 saturated heterocycles. The summed E-state index contributed by atoms with van der Waals surface area (Å²) in [4.78, 5) is 11.7. The van der Waals surface area contributed by atoms with Crippen LogP contribution in [0.25, 0.3) is 0 Å². The van der Waals surface area contributed by atoms with E-state index >= 15 is 0 Å². The van der Waals surface area contributed by atoms with E-state index in [2.05, 4.69) is 5.32 Å². The molecule has 0 heterocycles. The van der Waals surface area contributed by atoms with Crippen LogP contribution in [0.2, 0.25) is 0 Å². The summed E-state index contributed by atoms with van der Waals surface area (Å²) in [6, 6.07) is 5.95. The first-order valence-electron chi connectivity index (χ1n) is 5.36. The van der Waals surface area contributed by atoms with E-state index in [9.17, 15) is 9.18 Å². The minimum absolute atomic E-state index is 0.121. The van der Waals surface area contributed by atoms with E-state index < -0.39 is 5.54 Å². The number of carbonyl (C=O) groups excluding carboxylic acids is 1. The second-order valence-corrected chi connectivity index (χ2v) is 4.40. The van der Waals surface area contributed by atoms with Crippen LogP contribution in [0.4, 0.5) is 4.39 Å². The van der Waals surface area contributed by atoms with Gasteiger partial charge in [0.25, 0.3) is 0 Å². The van der Waals surface area contributed by atoms with Gasteiger partial charge in [0, 0.05) is 0 Å². The molecule has 1 atom stereocenters. The highest BCUT2D eigenvalue weighted by Gasteiger charge is 2.46. The highest BCUT2D eigenvalue weighted by Crippen LogP contribution is 2.32. The Labute approximate surface area is 93.8 Å². The lowest BCUT2D eigenvalue weighted by Crippen LogP contribution is -2.43. The van der Waals surface area contributed by atoms with E-state index in [1.54, 1.807) is 12.1 Å². The third-order valence-corrected chi connectivity index (χ3v) is 2.96. The van der Waals surface area contributed by atoms with E-state index in [1.807, 2.05) is 6.92 Å². The third kappa shape index (κ3) is 2.22. The fourth-order valence-corrected chi connectivity index (χ4v) is 1.54. The number of nitrogens with one attached hydrogen (secondary N) is 1. The molecule has 0 aliphatic heterocycles. The largest absolute Gasteiger partial charge is 0.348 e. The van der Waals surface area contributed by atoms with Crippen LogP contribution in [-0.4, -0.2) is 11.4 Å². The second-order valence-electron chi connectivity index (χ2n) is 4.40. The van der Waals surface area contributed by atoms with E-state index in [-0.39, 0.29) is 17.8 Å². The van der Waals surface area contributed by atoms with Gasteiger partial charge in [0.05, 0.1) is 11.6 Å². The lowest BCUT2D eigenvalue weighted by molar-refractivity contribution is -0.123. The summed E-state index contributed by atoms with van der Waals surface area (Å²) in [5.74, 6) is -0.399. The van der Waals surface area contributed by atoms with Crippen LogP contribution in [0.5, 0.6) is 0 Å². The van der Waals surface area contributed by atoms with Crippen molar-refractivity contribution in [2.75, 3.05) is 0 Å². The van der Waals surface area contributed by atoms with Crippen LogP contribution in [-0.2, 0) is 4.79 Å². The number of rotatable bonds is 3. The quantitative estimate of drug-likeness (QED) is 0.814. The maximum Gasteiger partial charge on any atom is 0.240 e. The predicted octanol–water partition coefficient (Wildman–Crippen LogP) is 1.49. The van der Waals surface area contributed by atoms with Crippen LogP contribution in [0.3, 0.4) is 0 Å². The minimum atomic E-state index is -0.658. The summed E-state index contributed by atoms with van der Waals surface area (Å²) in [7, 11) is 0. The lowest BCUT2D eigenvalue weighted by atomic mass is 10.1. The Balaban J connectivity index is 2.00. The van der Waals surface area contributed by atoms with Gasteiger partial charge in [-0.05, 0) is 37.5 Å². The molecule has 0 radical (unpaired) electrons. The number of halogens is 1. The van der Waals surface area contributed by atoms with Crippen molar-refractivity contribution in [2.24, 2.45) is 5.73 Å². The highest BCUT2D eigenvalue weighted by molar-refractivity contribution is 5.89. The van der Waals surface area contributed by atoms with Crippen molar-refractivity contribution in [2.45, 2.75) is 31.3 Å². The number of carbonyl (C=O) groups is 1. The lowest BCUT2D eigenvalue weighted by Gasteiger charge is -2.17. The summed E-state index contributed by atoms with van der Waals surface area (Å²) in [5.41, 5.74) is 5.98. The first-order chi connectivity index (χ1) is 7.51. The standard InChI is InChI=1S/C12H15FN2O/c1-8(9-2-4-10(13)5-3-9)15-11(16)12(14)6-7-12/h2-5,8H,6-7,14H2,1H3,(H,15,16). The Morgan fingerprint density at radius 3 is 2.50 bits per heavy atom. The van der Waals surface area contributed by atoms with Crippen LogP contribution in [0.1, 0.15) is 31.4 Å². The van der Waals surface area contributed by atoms with Crippen molar-refractivity contribution in [3.8, 4) is 0 Å². The molecular formula is C12H15FN2O. The normalized spacial score (nSPS) is 18.9. The van der Waals surface area contributed by atoms with Crippen LogP contribution >= 0.6 is 0 Å². The molecule has 1 unspecified atom stereocenters. The summed E-state index contributed by atoms with van der Waals surface area (Å²) in [5, 5.41) is 2.83. The van der Waals surface area contributed by atoms with Crippen molar-refractivity contribution in [1.82, 2.24) is 5.32 Å². The van der Waals surface area contributed by atoms with Gasteiger partial charge in [-0.3, -0.25) is 4.79 Å². The predicted molar refractivity (Wildman–Crippen MR) is 59.1 cm³/mol. The summed E-state index contributed by atoms with van der Waals surface area (Å²) in [6.07, 6.45) is 1.49. The SMILES string of the molecule is CC(NC(=O)C1(N)CC1)c1ccc(F)cc1. The smallest absolute Gasteiger partial charge is 0.240 e. The molecule has 1 fully saturated rings. The molecule has 0 spiro atoms. The minimum Gasteiger partial charge on any atom is -0.348 e. The Morgan fingerprint density at radius 1 is 1.44 bits per heavy atom. The molecule has 3 N–H and O–H groups in total. The highest BCUT2D eigenvalue weighted by atomic mass is 19.1. The molecular weight excluding hydrogens is 207 g/mol. The number of benzene rings is 1. The van der Waals surface area contributed by atoms with Crippen molar-refractivity contribution >= 4 is 5.91 Å². The first kappa shape index (κ1) is 11.1. The molecule has 1 aromatic carbocycles. The number of hydrogen-bond donors (Lipinski definition) is 2. The van der Waals surface area contributed by atoms with Crippen molar-refractivity contribution in [3.05, 3.63) is 35.6 Å². The number of hydrogen-bond acceptors (Lipinski definition) is 2. The zero-order valence-electron chi connectivity index (χ0n) is 9.16. The molecule has 1 aliphatic carbocycles. The molecule has 1 amide bonds. The van der Waals surface area contributed by atoms with Gasteiger partial charge in [0.15, 0.2) is 0 Å². The van der Waals surface area contributed by atoms with Gasteiger partial charge in [0.2, 0.25) is 5.91 Å². The maximum absolute atomic E-state index is 12.7. The molecule has 3 nitrogen and oxygen atoms in total. The second kappa shape index (κ2) is 3.87. The van der Waals surface area contributed by atoms with Gasteiger partial charge < -0.3 is 11.1 Å². The van der Waals surface area contributed by atoms with Gasteiger partial charge in [-0.25, -0.2) is 4.39 Å². The van der Waals surface area contributed by atoms with Gasteiger partial charge >= 0.3 is 0 Å². The zero-order chi connectivity index (χ0) is 11.8. The Hall–Kier alpha value is -1.42. The molecule has 86 valence electrons. The zero-order valence-corrected chi connectivity index (χ0v) is 9.16. The monoisotopic (exact) mass is 222 g/mol. The average Bonchev–Trinajstić information content (AvgIpc) is 2.99. The molecule has 1 aliphatic rings. The maximum atomic E-state index is 12.7. The molecule has 2 rings (SSSR count). The molecule has 0 bridgehead atoms. The van der Waals surface area contributed by atoms with Crippen LogP contribution < -0.4 is 11.1 Å². The molecule has 4 heteroatoms. The van der Waals surface area contributed by atoms with Gasteiger partial charge in [-0.15, -0.1) is 0 Å². The summed E-state index contributed by atoms with van der Waals surface area (Å²) in [6.45, 7) is 1.86. The summed E-state index contributed by atoms with van der Waals surface area (Å²) >= 11 is 0. The fourth-order valence-electron chi connectivity index (χ4n) is 1.54. The van der Waals surface area contributed by atoms with Crippen LogP contribution in [0.15, 0.2) is 24.3 Å². The van der Waals surface area contributed by atoms with E-state index in [0.717, 1.165) is 18.4 Å². The average molecular weight is 222 g/mol. The Bertz CT molecular complexity index is 398. The van der Waals surface area contributed by atoms with Crippen molar-refractivity contribution in [3.63, 3.8) is 0 Å². The van der Waals surface area contributed by atoms with Gasteiger partial charge in [-0.1, -0.05) is 12.1 Å². The molecule has 1 aromatic rings. The third-order valence-electron chi connectivity index (χ3n) is 2.96.